The lowest BCUT2D eigenvalue weighted by molar-refractivity contribution is -0.138. The maximum atomic E-state index is 12.4. The predicted octanol–water partition coefficient (Wildman–Crippen LogP) is 2.53. The highest BCUT2D eigenvalue weighted by Gasteiger charge is 2.32. The molecule has 1 aliphatic rings. The lowest BCUT2D eigenvalue weighted by atomic mass is 9.95. The molecule has 0 spiro atoms. The second-order valence-electron chi connectivity index (χ2n) is 5.11. The minimum atomic E-state index is -0.490. The number of benzene rings is 1. The average molecular weight is 320 g/mol. The fourth-order valence-corrected chi connectivity index (χ4v) is 2.52. The first-order valence-corrected chi connectivity index (χ1v) is 8.43. The molecule has 1 atom stereocenters. The molecular weight excluding hydrogens is 300 g/mol. The summed E-state index contributed by atoms with van der Waals surface area (Å²) in [6.07, 6.45) is 1.95. The fraction of sp³-hybridized carbons (Fsp3) is 0.375. The molecule has 0 bridgehead atoms. The van der Waals surface area contributed by atoms with Crippen LogP contribution in [0.3, 0.4) is 0 Å². The van der Waals surface area contributed by atoms with Crippen LogP contribution in [0.1, 0.15) is 24.1 Å². The standard InChI is InChI=1S/C16H20N2O3S/c1-10-4-6-12(7-5-10)14-13(11(2)17-16(20)18-14)15(19)21-8-9-22-3/h4-7,14H,8-9H2,1-3H3,(H2,17,18,20)/t14-/m1/s1. The summed E-state index contributed by atoms with van der Waals surface area (Å²) in [5, 5.41) is 5.43. The topological polar surface area (TPSA) is 67.4 Å². The highest BCUT2D eigenvalue weighted by molar-refractivity contribution is 7.98. The van der Waals surface area contributed by atoms with Crippen molar-refractivity contribution in [3.05, 3.63) is 46.7 Å². The van der Waals surface area contributed by atoms with Gasteiger partial charge in [0, 0.05) is 11.4 Å². The molecule has 1 aliphatic heterocycles. The molecule has 0 saturated heterocycles. The third kappa shape index (κ3) is 3.82. The van der Waals surface area contributed by atoms with Gasteiger partial charge in [-0.2, -0.15) is 11.8 Å². The van der Waals surface area contributed by atoms with Crippen molar-refractivity contribution < 1.29 is 14.3 Å². The van der Waals surface area contributed by atoms with Crippen molar-refractivity contribution >= 4 is 23.8 Å². The summed E-state index contributed by atoms with van der Waals surface area (Å²) in [4.78, 5) is 24.1. The van der Waals surface area contributed by atoms with Crippen molar-refractivity contribution in [1.82, 2.24) is 10.6 Å². The number of hydrogen-bond acceptors (Lipinski definition) is 4. The molecule has 1 aromatic rings. The van der Waals surface area contributed by atoms with Gasteiger partial charge in [0.2, 0.25) is 0 Å². The van der Waals surface area contributed by atoms with E-state index in [2.05, 4.69) is 10.6 Å². The molecule has 0 radical (unpaired) electrons. The molecule has 6 heteroatoms. The van der Waals surface area contributed by atoms with Gasteiger partial charge in [-0.25, -0.2) is 9.59 Å². The molecule has 22 heavy (non-hydrogen) atoms. The van der Waals surface area contributed by atoms with Crippen LogP contribution in [0.15, 0.2) is 35.5 Å². The molecule has 1 aromatic carbocycles. The Morgan fingerprint density at radius 3 is 2.59 bits per heavy atom. The zero-order valence-electron chi connectivity index (χ0n) is 12.9. The van der Waals surface area contributed by atoms with Gasteiger partial charge in [-0.05, 0) is 25.7 Å². The van der Waals surface area contributed by atoms with Gasteiger partial charge in [-0.15, -0.1) is 0 Å². The monoisotopic (exact) mass is 320 g/mol. The molecule has 5 nitrogen and oxygen atoms in total. The zero-order chi connectivity index (χ0) is 16.1. The average Bonchev–Trinajstić information content (AvgIpc) is 2.47. The van der Waals surface area contributed by atoms with Gasteiger partial charge in [0.25, 0.3) is 0 Å². The van der Waals surface area contributed by atoms with Gasteiger partial charge in [0.05, 0.1) is 11.6 Å². The number of carbonyl (C=O) groups excluding carboxylic acids is 2. The number of carbonyl (C=O) groups is 2. The number of urea groups is 1. The van der Waals surface area contributed by atoms with E-state index in [0.29, 0.717) is 17.9 Å². The van der Waals surface area contributed by atoms with Crippen molar-refractivity contribution in [2.45, 2.75) is 19.9 Å². The first kappa shape index (κ1) is 16.4. The number of hydrogen-bond donors (Lipinski definition) is 2. The fourth-order valence-electron chi connectivity index (χ4n) is 2.27. The summed E-state index contributed by atoms with van der Waals surface area (Å²) >= 11 is 1.61. The Hall–Kier alpha value is -1.95. The summed E-state index contributed by atoms with van der Waals surface area (Å²) in [5.41, 5.74) is 2.96. The van der Waals surface area contributed by atoms with E-state index >= 15 is 0 Å². The Morgan fingerprint density at radius 2 is 1.95 bits per heavy atom. The van der Waals surface area contributed by atoms with Crippen LogP contribution in [0.2, 0.25) is 0 Å². The number of ether oxygens (including phenoxy) is 1. The van der Waals surface area contributed by atoms with E-state index in [1.807, 2.05) is 37.4 Å². The lowest BCUT2D eigenvalue weighted by Crippen LogP contribution is -2.45. The number of nitrogens with one attached hydrogen (secondary N) is 2. The van der Waals surface area contributed by atoms with Crippen LogP contribution >= 0.6 is 11.8 Å². The van der Waals surface area contributed by atoms with Crippen molar-refractivity contribution in [2.24, 2.45) is 0 Å². The minimum absolute atomic E-state index is 0.316. The summed E-state index contributed by atoms with van der Waals surface area (Å²) in [5.74, 6) is 0.345. The first-order chi connectivity index (χ1) is 10.5. The maximum Gasteiger partial charge on any atom is 0.338 e. The van der Waals surface area contributed by atoms with Crippen LogP contribution in [0.25, 0.3) is 0 Å². The quantitative estimate of drug-likeness (QED) is 0.646. The smallest absolute Gasteiger partial charge is 0.338 e. The Labute approximate surface area is 134 Å². The second kappa shape index (κ2) is 7.35. The molecule has 2 amide bonds. The van der Waals surface area contributed by atoms with Gasteiger partial charge < -0.3 is 15.4 Å². The molecule has 0 unspecified atom stereocenters. The van der Waals surface area contributed by atoms with Crippen molar-refractivity contribution in [1.29, 1.82) is 0 Å². The van der Waals surface area contributed by atoms with Crippen molar-refractivity contribution in [3.63, 3.8) is 0 Å². The van der Waals surface area contributed by atoms with Gasteiger partial charge in [-0.3, -0.25) is 0 Å². The van der Waals surface area contributed by atoms with Crippen LogP contribution in [0.4, 0.5) is 4.79 Å². The van der Waals surface area contributed by atoms with Crippen LogP contribution in [0.5, 0.6) is 0 Å². The van der Waals surface area contributed by atoms with Crippen LogP contribution < -0.4 is 10.6 Å². The Balaban J connectivity index is 2.28. The largest absolute Gasteiger partial charge is 0.461 e. The highest BCUT2D eigenvalue weighted by Crippen LogP contribution is 2.27. The van der Waals surface area contributed by atoms with E-state index < -0.39 is 12.0 Å². The number of rotatable bonds is 5. The number of allylic oxidation sites excluding steroid dienone is 1. The van der Waals surface area contributed by atoms with E-state index in [4.69, 9.17) is 4.74 Å². The van der Waals surface area contributed by atoms with Crippen molar-refractivity contribution in [2.75, 3.05) is 18.6 Å². The van der Waals surface area contributed by atoms with Gasteiger partial charge >= 0.3 is 12.0 Å². The molecule has 0 saturated carbocycles. The highest BCUT2D eigenvalue weighted by atomic mass is 32.2. The summed E-state index contributed by atoms with van der Waals surface area (Å²) in [6.45, 7) is 4.06. The van der Waals surface area contributed by atoms with Crippen LogP contribution in [-0.4, -0.2) is 30.6 Å². The predicted molar refractivity (Wildman–Crippen MR) is 87.6 cm³/mol. The minimum Gasteiger partial charge on any atom is -0.461 e. The van der Waals surface area contributed by atoms with Gasteiger partial charge in [0.15, 0.2) is 0 Å². The van der Waals surface area contributed by atoms with Crippen LogP contribution in [-0.2, 0) is 9.53 Å². The molecule has 2 N–H and O–H groups in total. The molecule has 0 fully saturated rings. The molecule has 118 valence electrons. The van der Waals surface area contributed by atoms with Crippen LogP contribution in [0, 0.1) is 6.92 Å². The normalized spacial score (nSPS) is 17.8. The van der Waals surface area contributed by atoms with Crippen molar-refractivity contribution in [3.8, 4) is 0 Å². The molecular formula is C16H20N2O3S. The molecule has 2 rings (SSSR count). The molecule has 0 aliphatic carbocycles. The number of aryl methyl sites for hydroxylation is 1. The van der Waals surface area contributed by atoms with E-state index in [0.717, 1.165) is 16.9 Å². The van der Waals surface area contributed by atoms with E-state index in [9.17, 15) is 9.59 Å². The number of esters is 1. The number of amides is 2. The summed E-state index contributed by atoms with van der Waals surface area (Å²) in [7, 11) is 0. The Kier molecular flexibility index (Phi) is 5.49. The second-order valence-corrected chi connectivity index (χ2v) is 6.10. The maximum absolute atomic E-state index is 12.4. The summed E-state index contributed by atoms with van der Waals surface area (Å²) < 4.78 is 5.29. The molecule has 1 heterocycles. The third-order valence-corrected chi connectivity index (χ3v) is 4.00. The SMILES string of the molecule is CSCCOC(=O)C1=C(C)NC(=O)N[C@@H]1c1ccc(C)cc1. The van der Waals surface area contributed by atoms with E-state index in [-0.39, 0.29) is 6.03 Å². The zero-order valence-corrected chi connectivity index (χ0v) is 13.8. The lowest BCUT2D eigenvalue weighted by Gasteiger charge is -2.28. The third-order valence-electron chi connectivity index (χ3n) is 3.42. The van der Waals surface area contributed by atoms with E-state index in [1.165, 1.54) is 0 Å². The summed E-state index contributed by atoms with van der Waals surface area (Å²) in [6, 6.07) is 6.92. The number of thioether (sulfide) groups is 1. The van der Waals surface area contributed by atoms with Gasteiger partial charge in [-0.1, -0.05) is 29.8 Å². The molecule has 0 aromatic heterocycles. The Morgan fingerprint density at radius 1 is 1.27 bits per heavy atom. The Bertz CT molecular complexity index is 596. The van der Waals surface area contributed by atoms with Gasteiger partial charge in [0.1, 0.15) is 6.61 Å². The first-order valence-electron chi connectivity index (χ1n) is 7.04. The van der Waals surface area contributed by atoms with E-state index in [1.54, 1.807) is 18.7 Å².